The summed E-state index contributed by atoms with van der Waals surface area (Å²) in [6, 6.07) is 3.19. The van der Waals surface area contributed by atoms with Gasteiger partial charge < -0.3 is 19.8 Å². The fourth-order valence-corrected chi connectivity index (χ4v) is 8.92. The van der Waals surface area contributed by atoms with Crippen molar-refractivity contribution >= 4 is 11.8 Å². The van der Waals surface area contributed by atoms with E-state index >= 15 is 0 Å². The smallest absolute Gasteiger partial charge is 0.233 e. The molecule has 7 heteroatoms. The van der Waals surface area contributed by atoms with E-state index in [0.717, 1.165) is 56.2 Å². The highest BCUT2D eigenvalue weighted by atomic mass is 16.5. The highest BCUT2D eigenvalue weighted by Gasteiger charge is 2.74. The Hall–Kier alpha value is -2.54. The molecule has 2 N–H and O–H groups in total. The predicted molar refractivity (Wildman–Crippen MR) is 126 cm³/mol. The molecule has 35 heavy (non-hydrogen) atoms. The molecule has 2 amide bonds. The average Bonchev–Trinajstić information content (AvgIpc) is 3.54. The maximum absolute atomic E-state index is 13.6. The predicted octanol–water partition coefficient (Wildman–Crippen LogP) is 2.77. The highest BCUT2D eigenvalue weighted by molar-refractivity contribution is 6.05. The molecule has 4 aliphatic carbocycles. The van der Waals surface area contributed by atoms with Crippen molar-refractivity contribution < 1.29 is 24.5 Å². The number of rotatable bonds is 2. The summed E-state index contributed by atoms with van der Waals surface area (Å²) in [5, 5.41) is 23.4. The molecule has 2 bridgehead atoms. The Kier molecular flexibility index (Phi) is 3.90. The molecule has 3 heterocycles. The number of carbonyl (C=O) groups is 2. The first-order valence-electron chi connectivity index (χ1n) is 13.5. The van der Waals surface area contributed by atoms with Crippen molar-refractivity contribution in [3.05, 3.63) is 35.0 Å². The largest absolute Gasteiger partial charge is 0.504 e. The number of aliphatic hydroxyl groups is 1. The third kappa shape index (κ3) is 2.36. The molecule has 8 rings (SSSR count). The van der Waals surface area contributed by atoms with Crippen molar-refractivity contribution in [3.8, 4) is 11.5 Å². The van der Waals surface area contributed by atoms with E-state index in [9.17, 15) is 19.8 Å². The molecule has 1 aromatic rings. The van der Waals surface area contributed by atoms with Gasteiger partial charge in [0.2, 0.25) is 11.8 Å². The van der Waals surface area contributed by atoms with Crippen LogP contribution in [0.1, 0.15) is 68.9 Å². The van der Waals surface area contributed by atoms with Crippen LogP contribution in [0.2, 0.25) is 0 Å². The Morgan fingerprint density at radius 3 is 2.49 bits per heavy atom. The number of ether oxygens (including phenoxy) is 1. The van der Waals surface area contributed by atoms with E-state index in [1.165, 1.54) is 5.57 Å². The zero-order valence-corrected chi connectivity index (χ0v) is 19.9. The third-order valence-electron chi connectivity index (χ3n) is 10.6. The van der Waals surface area contributed by atoms with E-state index in [0.29, 0.717) is 31.4 Å². The number of carbonyl (C=O) groups excluding carboxylic acids is 2. The van der Waals surface area contributed by atoms with Crippen molar-refractivity contribution in [2.45, 2.75) is 93.4 Å². The van der Waals surface area contributed by atoms with E-state index in [4.69, 9.17) is 4.74 Å². The minimum atomic E-state index is -1.04. The van der Waals surface area contributed by atoms with Crippen LogP contribution < -0.4 is 4.74 Å². The van der Waals surface area contributed by atoms with Gasteiger partial charge in [-0.05, 0) is 69.2 Å². The molecule has 0 aromatic heterocycles. The number of aromatic hydroxyl groups is 1. The van der Waals surface area contributed by atoms with Crippen LogP contribution in [0.4, 0.5) is 0 Å². The monoisotopic (exact) mass is 476 g/mol. The van der Waals surface area contributed by atoms with Gasteiger partial charge in [0, 0.05) is 12.1 Å². The highest BCUT2D eigenvalue weighted by Crippen LogP contribution is 2.66. The molecular weight excluding hydrogens is 444 g/mol. The van der Waals surface area contributed by atoms with E-state index < -0.39 is 23.2 Å². The number of fused-ring (bicyclic) bond motifs is 1. The van der Waals surface area contributed by atoms with Gasteiger partial charge in [-0.25, -0.2) is 0 Å². The molecular formula is C28H32N2O5. The third-order valence-corrected chi connectivity index (χ3v) is 10.6. The van der Waals surface area contributed by atoms with Crippen molar-refractivity contribution in [3.63, 3.8) is 0 Å². The van der Waals surface area contributed by atoms with Crippen LogP contribution in [0.25, 0.3) is 0 Å². The minimum Gasteiger partial charge on any atom is -0.504 e. The number of amides is 2. The lowest BCUT2D eigenvalue weighted by Gasteiger charge is -2.64. The van der Waals surface area contributed by atoms with Crippen LogP contribution >= 0.6 is 0 Å². The second-order valence-electron chi connectivity index (χ2n) is 12.0. The summed E-state index contributed by atoms with van der Waals surface area (Å²) in [4.78, 5) is 31.1. The fourth-order valence-electron chi connectivity index (χ4n) is 8.92. The number of allylic oxidation sites excluding steroid dienone is 1. The SMILES string of the molecule is O=C1[C@H]2CCCC[C@H]2C(=O)N1[C@@H]1CC[C@@]2(O)[C@H]3Cc4ccc(O)c5c4[C@@]2(CCN3C=C2CC2)[C@H]1O5. The average molecular weight is 477 g/mol. The minimum absolute atomic E-state index is 0.0428. The first kappa shape index (κ1) is 20.6. The molecule has 5 fully saturated rings. The number of phenolic OH excluding ortho intramolecular Hbond substituents is 1. The van der Waals surface area contributed by atoms with Gasteiger partial charge in [0.1, 0.15) is 6.10 Å². The maximum Gasteiger partial charge on any atom is 0.233 e. The van der Waals surface area contributed by atoms with Gasteiger partial charge in [0.15, 0.2) is 11.5 Å². The van der Waals surface area contributed by atoms with Gasteiger partial charge >= 0.3 is 0 Å². The Morgan fingerprint density at radius 1 is 1.03 bits per heavy atom. The van der Waals surface area contributed by atoms with Gasteiger partial charge in [0.05, 0.1) is 34.9 Å². The summed E-state index contributed by atoms with van der Waals surface area (Å²) >= 11 is 0. The number of benzene rings is 1. The molecule has 1 aromatic carbocycles. The molecule has 3 aliphatic heterocycles. The molecule has 7 atom stereocenters. The summed E-state index contributed by atoms with van der Waals surface area (Å²) in [5.74, 6) is 0.0589. The van der Waals surface area contributed by atoms with Crippen molar-refractivity contribution in [1.82, 2.24) is 9.80 Å². The maximum atomic E-state index is 13.6. The lowest BCUT2D eigenvalue weighted by molar-refractivity contribution is -0.195. The second-order valence-corrected chi connectivity index (χ2v) is 12.0. The number of nitrogens with zero attached hydrogens (tertiary/aromatic N) is 2. The summed E-state index contributed by atoms with van der Waals surface area (Å²) in [7, 11) is 0. The summed E-state index contributed by atoms with van der Waals surface area (Å²) in [6.45, 7) is 0.796. The summed E-state index contributed by atoms with van der Waals surface area (Å²) < 4.78 is 6.59. The van der Waals surface area contributed by atoms with Crippen LogP contribution in [0.15, 0.2) is 23.9 Å². The quantitative estimate of drug-likeness (QED) is 0.638. The van der Waals surface area contributed by atoms with Gasteiger partial charge in [-0.3, -0.25) is 14.5 Å². The number of imide groups is 1. The zero-order chi connectivity index (χ0) is 23.7. The molecule has 7 nitrogen and oxygen atoms in total. The number of hydrogen-bond acceptors (Lipinski definition) is 6. The van der Waals surface area contributed by atoms with E-state index in [2.05, 4.69) is 11.1 Å². The van der Waals surface area contributed by atoms with E-state index in [1.807, 2.05) is 6.07 Å². The molecule has 3 saturated carbocycles. The van der Waals surface area contributed by atoms with Crippen LogP contribution in [0.3, 0.4) is 0 Å². The van der Waals surface area contributed by atoms with Crippen LogP contribution in [-0.2, 0) is 21.4 Å². The van der Waals surface area contributed by atoms with Crippen LogP contribution in [-0.4, -0.2) is 62.2 Å². The molecule has 7 aliphatic rings. The number of phenols is 1. The van der Waals surface area contributed by atoms with Crippen molar-refractivity contribution in [2.24, 2.45) is 11.8 Å². The van der Waals surface area contributed by atoms with Gasteiger partial charge in [-0.15, -0.1) is 0 Å². The zero-order valence-electron chi connectivity index (χ0n) is 19.9. The summed E-state index contributed by atoms with van der Waals surface area (Å²) in [5.41, 5.74) is 1.71. The van der Waals surface area contributed by atoms with Crippen molar-refractivity contribution in [1.29, 1.82) is 0 Å². The van der Waals surface area contributed by atoms with Gasteiger partial charge in [-0.1, -0.05) is 24.5 Å². The Labute approximate surface area is 204 Å². The molecule has 184 valence electrons. The first-order valence-corrected chi connectivity index (χ1v) is 13.5. The Morgan fingerprint density at radius 2 is 1.77 bits per heavy atom. The summed E-state index contributed by atoms with van der Waals surface area (Å²) in [6.07, 6.45) is 10.0. The molecule has 2 saturated heterocycles. The van der Waals surface area contributed by atoms with E-state index in [1.54, 1.807) is 11.0 Å². The first-order chi connectivity index (χ1) is 16.9. The second kappa shape index (κ2) is 6.61. The standard InChI is InChI=1S/C28H32N2O5/c31-20-8-7-16-13-21-28(34)10-9-19(30-25(32)17-3-1-2-4-18(17)26(30)33)24-27(28,22(16)23(20)35-24)11-12-29(21)14-15-5-6-15/h7-8,14,17-19,21,24,31,34H,1-6,9-13H2/t17-,18+,19-,21-,24+,27+,28-/m1/s1. The fraction of sp³-hybridized carbons (Fsp3) is 0.643. The Bertz CT molecular complexity index is 1180. The van der Waals surface area contributed by atoms with Gasteiger partial charge in [-0.2, -0.15) is 0 Å². The van der Waals surface area contributed by atoms with E-state index in [-0.39, 0.29) is 35.4 Å². The lowest BCUT2D eigenvalue weighted by Crippen LogP contribution is -2.77. The topological polar surface area (TPSA) is 90.3 Å². The van der Waals surface area contributed by atoms with Crippen LogP contribution in [0, 0.1) is 11.8 Å². The van der Waals surface area contributed by atoms with Crippen LogP contribution in [0.5, 0.6) is 11.5 Å². The lowest BCUT2D eigenvalue weighted by atomic mass is 9.48. The van der Waals surface area contributed by atoms with Crippen molar-refractivity contribution in [2.75, 3.05) is 6.54 Å². The van der Waals surface area contributed by atoms with Gasteiger partial charge in [0.25, 0.3) is 0 Å². The molecule has 1 spiro atoms. The Balaban J connectivity index is 1.27. The molecule has 0 radical (unpaired) electrons. The molecule has 0 unspecified atom stereocenters. The normalized spacial score (nSPS) is 42.5. The number of piperidine rings is 1. The number of hydrogen-bond donors (Lipinski definition) is 2. The number of likely N-dealkylation sites (tertiary alicyclic amines) is 2.